The number of aromatic nitrogens is 1. The van der Waals surface area contributed by atoms with Crippen LogP contribution in [0.1, 0.15) is 32.7 Å². The van der Waals surface area contributed by atoms with E-state index in [1.165, 1.54) is 5.56 Å². The summed E-state index contributed by atoms with van der Waals surface area (Å²) in [6, 6.07) is 3.96. The lowest BCUT2D eigenvalue weighted by molar-refractivity contribution is 0.0696. The molecule has 1 aromatic carbocycles. The van der Waals surface area contributed by atoms with Crippen molar-refractivity contribution in [1.82, 2.24) is 5.16 Å². The SMILES string of the molecule is Cc1cc(C)c(-c2onc(C)c2C(=O)O)cc1C. The van der Waals surface area contributed by atoms with Crippen molar-refractivity contribution in [2.75, 3.05) is 0 Å². The van der Waals surface area contributed by atoms with Crippen molar-refractivity contribution in [3.63, 3.8) is 0 Å². The molecule has 1 N–H and O–H groups in total. The molecular formula is C14H15NO3. The van der Waals surface area contributed by atoms with Crippen LogP contribution in [0.4, 0.5) is 0 Å². The van der Waals surface area contributed by atoms with E-state index in [0.29, 0.717) is 11.5 Å². The Bertz CT molecular complexity index is 626. The summed E-state index contributed by atoms with van der Waals surface area (Å²) in [5.41, 5.74) is 4.58. The lowest BCUT2D eigenvalue weighted by Gasteiger charge is -2.07. The highest BCUT2D eigenvalue weighted by atomic mass is 16.5. The van der Waals surface area contributed by atoms with Crippen LogP contribution in [0.15, 0.2) is 16.7 Å². The van der Waals surface area contributed by atoms with Gasteiger partial charge >= 0.3 is 5.97 Å². The Hall–Kier alpha value is -2.10. The van der Waals surface area contributed by atoms with E-state index < -0.39 is 5.97 Å². The minimum Gasteiger partial charge on any atom is -0.477 e. The number of rotatable bonds is 2. The monoisotopic (exact) mass is 245 g/mol. The number of carbonyl (C=O) groups is 1. The highest BCUT2D eigenvalue weighted by Gasteiger charge is 2.22. The van der Waals surface area contributed by atoms with Crippen LogP contribution in [0.5, 0.6) is 0 Å². The van der Waals surface area contributed by atoms with Gasteiger partial charge in [0.1, 0.15) is 5.56 Å². The normalized spacial score (nSPS) is 10.7. The van der Waals surface area contributed by atoms with Gasteiger partial charge in [-0.15, -0.1) is 0 Å². The van der Waals surface area contributed by atoms with Crippen LogP contribution >= 0.6 is 0 Å². The van der Waals surface area contributed by atoms with E-state index in [0.717, 1.165) is 16.7 Å². The number of benzene rings is 1. The average molecular weight is 245 g/mol. The van der Waals surface area contributed by atoms with E-state index >= 15 is 0 Å². The maximum Gasteiger partial charge on any atom is 0.341 e. The van der Waals surface area contributed by atoms with Gasteiger partial charge in [-0.2, -0.15) is 0 Å². The number of carboxylic acids is 1. The van der Waals surface area contributed by atoms with Gasteiger partial charge in [-0.3, -0.25) is 0 Å². The van der Waals surface area contributed by atoms with E-state index in [1.807, 2.05) is 32.9 Å². The Kier molecular flexibility index (Phi) is 2.95. The molecule has 4 nitrogen and oxygen atoms in total. The van der Waals surface area contributed by atoms with E-state index in [4.69, 9.17) is 4.52 Å². The fourth-order valence-electron chi connectivity index (χ4n) is 2.01. The van der Waals surface area contributed by atoms with Gasteiger partial charge in [0.25, 0.3) is 0 Å². The van der Waals surface area contributed by atoms with Gasteiger partial charge < -0.3 is 9.63 Å². The van der Waals surface area contributed by atoms with Crippen molar-refractivity contribution in [2.24, 2.45) is 0 Å². The first kappa shape index (κ1) is 12.4. The Balaban J connectivity index is 2.70. The molecule has 0 bridgehead atoms. The van der Waals surface area contributed by atoms with Crippen LogP contribution in [0, 0.1) is 27.7 Å². The number of nitrogens with zero attached hydrogens (tertiary/aromatic N) is 1. The molecule has 0 spiro atoms. The number of aryl methyl sites for hydroxylation is 4. The summed E-state index contributed by atoms with van der Waals surface area (Å²) in [7, 11) is 0. The molecule has 1 heterocycles. The number of hydrogen-bond donors (Lipinski definition) is 1. The van der Waals surface area contributed by atoms with Crippen molar-refractivity contribution in [1.29, 1.82) is 0 Å². The minimum absolute atomic E-state index is 0.140. The highest BCUT2D eigenvalue weighted by Crippen LogP contribution is 2.30. The fourth-order valence-corrected chi connectivity index (χ4v) is 2.01. The molecule has 0 unspecified atom stereocenters. The molecule has 0 atom stereocenters. The fraction of sp³-hybridized carbons (Fsp3) is 0.286. The molecule has 2 rings (SSSR count). The highest BCUT2D eigenvalue weighted by molar-refractivity contribution is 5.95. The van der Waals surface area contributed by atoms with Gasteiger partial charge in [0.15, 0.2) is 5.76 Å². The quantitative estimate of drug-likeness (QED) is 0.881. The second-order valence-corrected chi connectivity index (χ2v) is 4.53. The Morgan fingerprint density at radius 2 is 1.72 bits per heavy atom. The zero-order valence-corrected chi connectivity index (χ0v) is 10.9. The lowest BCUT2D eigenvalue weighted by Crippen LogP contribution is -2.00. The maximum atomic E-state index is 11.2. The largest absolute Gasteiger partial charge is 0.477 e. The first-order valence-corrected chi connectivity index (χ1v) is 5.69. The van der Waals surface area contributed by atoms with Crippen molar-refractivity contribution in [2.45, 2.75) is 27.7 Å². The molecule has 4 heteroatoms. The van der Waals surface area contributed by atoms with Crippen LogP contribution in [-0.4, -0.2) is 16.2 Å². The van der Waals surface area contributed by atoms with Crippen LogP contribution in [0.25, 0.3) is 11.3 Å². The van der Waals surface area contributed by atoms with Crippen LogP contribution in [0.2, 0.25) is 0 Å². The van der Waals surface area contributed by atoms with Crippen molar-refractivity contribution in [3.8, 4) is 11.3 Å². The van der Waals surface area contributed by atoms with Gasteiger partial charge in [0, 0.05) is 5.56 Å². The Morgan fingerprint density at radius 3 is 2.33 bits per heavy atom. The molecule has 0 fully saturated rings. The number of carboxylic acid groups (broad SMARTS) is 1. The second-order valence-electron chi connectivity index (χ2n) is 4.53. The van der Waals surface area contributed by atoms with E-state index in [1.54, 1.807) is 6.92 Å². The third-order valence-corrected chi connectivity index (χ3v) is 3.16. The number of aromatic carboxylic acids is 1. The molecule has 0 aliphatic heterocycles. The molecule has 94 valence electrons. The average Bonchev–Trinajstić information content (AvgIpc) is 2.65. The van der Waals surface area contributed by atoms with Gasteiger partial charge in [-0.05, 0) is 50.5 Å². The van der Waals surface area contributed by atoms with Gasteiger partial charge in [-0.1, -0.05) is 11.2 Å². The summed E-state index contributed by atoms with van der Waals surface area (Å²) in [5, 5.41) is 13.0. The van der Waals surface area contributed by atoms with Crippen LogP contribution in [-0.2, 0) is 0 Å². The third-order valence-electron chi connectivity index (χ3n) is 3.16. The topological polar surface area (TPSA) is 63.3 Å². The predicted octanol–water partition coefficient (Wildman–Crippen LogP) is 3.27. The van der Waals surface area contributed by atoms with Crippen molar-refractivity contribution < 1.29 is 14.4 Å². The summed E-state index contributed by atoms with van der Waals surface area (Å²) in [5.74, 6) is -0.679. The second kappa shape index (κ2) is 4.29. The summed E-state index contributed by atoms with van der Waals surface area (Å²) >= 11 is 0. The molecule has 1 aromatic heterocycles. The molecule has 0 amide bonds. The first-order valence-electron chi connectivity index (χ1n) is 5.69. The standard InChI is InChI=1S/C14H15NO3/c1-7-5-9(3)11(6-8(7)2)13-12(14(16)17)10(4)15-18-13/h5-6H,1-4H3,(H,16,17). The van der Waals surface area contributed by atoms with Gasteiger partial charge in [0.05, 0.1) is 5.69 Å². The van der Waals surface area contributed by atoms with E-state index in [-0.39, 0.29) is 5.56 Å². The third kappa shape index (κ3) is 1.90. The molecule has 0 saturated carbocycles. The minimum atomic E-state index is -1.01. The molecule has 0 radical (unpaired) electrons. The first-order chi connectivity index (χ1) is 8.41. The zero-order chi connectivity index (χ0) is 13.4. The molecule has 0 aliphatic carbocycles. The molecule has 18 heavy (non-hydrogen) atoms. The molecule has 0 aliphatic rings. The van der Waals surface area contributed by atoms with Gasteiger partial charge in [0.2, 0.25) is 0 Å². The maximum absolute atomic E-state index is 11.2. The van der Waals surface area contributed by atoms with E-state index in [9.17, 15) is 9.90 Å². The van der Waals surface area contributed by atoms with E-state index in [2.05, 4.69) is 5.16 Å². The molecule has 0 saturated heterocycles. The van der Waals surface area contributed by atoms with Gasteiger partial charge in [-0.25, -0.2) is 4.79 Å². The number of hydrogen-bond acceptors (Lipinski definition) is 3. The summed E-state index contributed by atoms with van der Waals surface area (Å²) in [6.07, 6.45) is 0. The Morgan fingerprint density at radius 1 is 1.11 bits per heavy atom. The Labute approximate surface area is 105 Å². The lowest BCUT2D eigenvalue weighted by atomic mass is 9.97. The van der Waals surface area contributed by atoms with Crippen LogP contribution in [0.3, 0.4) is 0 Å². The van der Waals surface area contributed by atoms with Crippen LogP contribution < -0.4 is 0 Å². The predicted molar refractivity (Wildman–Crippen MR) is 67.8 cm³/mol. The summed E-state index contributed by atoms with van der Waals surface area (Å²) in [6.45, 7) is 7.58. The molecular weight excluding hydrogens is 230 g/mol. The molecule has 2 aromatic rings. The zero-order valence-electron chi connectivity index (χ0n) is 10.9. The van der Waals surface area contributed by atoms with Crippen molar-refractivity contribution in [3.05, 3.63) is 40.1 Å². The smallest absolute Gasteiger partial charge is 0.341 e. The summed E-state index contributed by atoms with van der Waals surface area (Å²) < 4.78 is 5.19. The van der Waals surface area contributed by atoms with Crippen molar-refractivity contribution >= 4 is 5.97 Å². The summed E-state index contributed by atoms with van der Waals surface area (Å²) in [4.78, 5) is 11.2.